The molecular formula is C13H15N3O4. The van der Waals surface area contributed by atoms with Gasteiger partial charge in [-0.05, 0) is 25.8 Å². The fraction of sp³-hybridized carbons (Fsp3) is 0.462. The maximum atomic E-state index is 10.7. The monoisotopic (exact) mass is 277 g/mol. The average molecular weight is 277 g/mol. The molecule has 7 heteroatoms. The summed E-state index contributed by atoms with van der Waals surface area (Å²) in [6, 6.07) is 4.72. The van der Waals surface area contributed by atoms with Gasteiger partial charge in [0.25, 0.3) is 11.7 Å². The minimum atomic E-state index is -0.450. The largest absolute Gasteiger partial charge is 0.424 e. The van der Waals surface area contributed by atoms with Crippen molar-refractivity contribution in [2.75, 3.05) is 18.5 Å². The summed E-state index contributed by atoms with van der Waals surface area (Å²) in [4.78, 5) is 14.5. The molecule has 2 aromatic rings. The van der Waals surface area contributed by atoms with Gasteiger partial charge in [-0.25, -0.2) is 0 Å². The van der Waals surface area contributed by atoms with Crippen molar-refractivity contribution in [3.63, 3.8) is 0 Å². The molecular weight excluding hydrogens is 262 g/mol. The summed E-state index contributed by atoms with van der Waals surface area (Å²) < 4.78 is 11.2. The van der Waals surface area contributed by atoms with Crippen LogP contribution in [0.25, 0.3) is 11.1 Å². The van der Waals surface area contributed by atoms with E-state index in [1.54, 1.807) is 6.07 Å². The van der Waals surface area contributed by atoms with Gasteiger partial charge in [0.05, 0.1) is 10.5 Å². The molecule has 0 aliphatic carbocycles. The standard InChI is InChI=1S/C13H15N3O4/c1-13(5-2-6-19-13)8-14-12-15-10-7-9(16(17)18)3-4-11(10)20-12/h3-4,7H,2,5-6,8H2,1H3,(H,14,15). The third kappa shape index (κ3) is 2.44. The fourth-order valence-electron chi connectivity index (χ4n) is 2.34. The first-order valence-electron chi connectivity index (χ1n) is 6.49. The Hall–Kier alpha value is -2.15. The van der Waals surface area contributed by atoms with E-state index in [9.17, 15) is 10.1 Å². The molecule has 3 rings (SSSR count). The maximum Gasteiger partial charge on any atom is 0.295 e. The van der Waals surface area contributed by atoms with Crippen molar-refractivity contribution in [2.24, 2.45) is 0 Å². The number of anilines is 1. The number of nitrogens with zero attached hydrogens (tertiary/aromatic N) is 2. The molecule has 20 heavy (non-hydrogen) atoms. The van der Waals surface area contributed by atoms with Crippen LogP contribution in [0, 0.1) is 10.1 Å². The maximum absolute atomic E-state index is 10.7. The van der Waals surface area contributed by atoms with Crippen LogP contribution < -0.4 is 5.32 Å². The molecule has 1 fully saturated rings. The van der Waals surface area contributed by atoms with Crippen molar-refractivity contribution in [3.05, 3.63) is 28.3 Å². The Balaban J connectivity index is 1.77. The summed E-state index contributed by atoms with van der Waals surface area (Å²) in [6.45, 7) is 3.42. The van der Waals surface area contributed by atoms with Crippen LogP contribution in [-0.4, -0.2) is 28.7 Å². The van der Waals surface area contributed by atoms with Gasteiger partial charge in [-0.3, -0.25) is 10.1 Å². The van der Waals surface area contributed by atoms with Crippen LogP contribution in [-0.2, 0) is 4.74 Å². The Morgan fingerprint density at radius 2 is 2.40 bits per heavy atom. The Bertz CT molecular complexity index is 646. The Kier molecular flexibility index (Phi) is 3.06. The van der Waals surface area contributed by atoms with Crippen molar-refractivity contribution >= 4 is 22.8 Å². The summed E-state index contributed by atoms with van der Waals surface area (Å²) in [5.74, 6) is 0. The van der Waals surface area contributed by atoms with E-state index < -0.39 is 4.92 Å². The van der Waals surface area contributed by atoms with Gasteiger partial charge >= 0.3 is 0 Å². The smallest absolute Gasteiger partial charge is 0.295 e. The van der Waals surface area contributed by atoms with E-state index in [1.165, 1.54) is 12.1 Å². The first-order valence-corrected chi connectivity index (χ1v) is 6.49. The molecule has 1 aliphatic heterocycles. The van der Waals surface area contributed by atoms with Crippen molar-refractivity contribution in [1.82, 2.24) is 4.98 Å². The highest BCUT2D eigenvalue weighted by Crippen LogP contribution is 2.27. The molecule has 0 bridgehead atoms. The van der Waals surface area contributed by atoms with Gasteiger partial charge in [-0.15, -0.1) is 0 Å². The number of benzene rings is 1. The summed E-state index contributed by atoms with van der Waals surface area (Å²) in [5.41, 5.74) is 0.797. The highest BCUT2D eigenvalue weighted by Gasteiger charge is 2.29. The molecule has 2 heterocycles. The fourth-order valence-corrected chi connectivity index (χ4v) is 2.34. The lowest BCUT2D eigenvalue weighted by Gasteiger charge is -2.22. The molecule has 1 atom stereocenters. The molecule has 1 unspecified atom stereocenters. The molecule has 1 aromatic heterocycles. The quantitative estimate of drug-likeness (QED) is 0.682. The van der Waals surface area contributed by atoms with Gasteiger partial charge in [0, 0.05) is 25.3 Å². The zero-order chi connectivity index (χ0) is 14.2. The average Bonchev–Trinajstić information content (AvgIpc) is 3.01. The lowest BCUT2D eigenvalue weighted by Crippen LogP contribution is -2.32. The van der Waals surface area contributed by atoms with Gasteiger partial charge in [0.2, 0.25) is 0 Å². The molecule has 0 radical (unpaired) electrons. The first-order chi connectivity index (χ1) is 9.56. The number of hydrogen-bond donors (Lipinski definition) is 1. The molecule has 1 saturated heterocycles. The van der Waals surface area contributed by atoms with Crippen molar-refractivity contribution in [1.29, 1.82) is 0 Å². The number of nitro benzene ring substituents is 1. The first kappa shape index (κ1) is 12.9. The van der Waals surface area contributed by atoms with E-state index in [4.69, 9.17) is 9.15 Å². The molecule has 1 N–H and O–H groups in total. The summed E-state index contributed by atoms with van der Waals surface area (Å²) in [5, 5.41) is 13.8. The van der Waals surface area contributed by atoms with E-state index >= 15 is 0 Å². The van der Waals surface area contributed by atoms with Crippen molar-refractivity contribution in [3.8, 4) is 0 Å². The third-order valence-corrected chi connectivity index (χ3v) is 3.50. The van der Waals surface area contributed by atoms with Crippen LogP contribution in [0.1, 0.15) is 19.8 Å². The Morgan fingerprint density at radius 1 is 1.55 bits per heavy atom. The number of oxazole rings is 1. The lowest BCUT2D eigenvalue weighted by atomic mass is 10.0. The molecule has 1 aliphatic rings. The number of non-ortho nitro benzene ring substituents is 1. The lowest BCUT2D eigenvalue weighted by molar-refractivity contribution is -0.384. The number of nitro groups is 1. The van der Waals surface area contributed by atoms with Crippen LogP contribution in [0.15, 0.2) is 22.6 Å². The summed E-state index contributed by atoms with van der Waals surface area (Å²) in [6.07, 6.45) is 2.05. The predicted molar refractivity (Wildman–Crippen MR) is 72.7 cm³/mol. The van der Waals surface area contributed by atoms with Crippen LogP contribution in [0.5, 0.6) is 0 Å². The molecule has 106 valence electrons. The molecule has 0 saturated carbocycles. The number of fused-ring (bicyclic) bond motifs is 1. The summed E-state index contributed by atoms with van der Waals surface area (Å²) in [7, 11) is 0. The minimum absolute atomic E-state index is 0.00318. The van der Waals surface area contributed by atoms with E-state index in [1.807, 2.05) is 6.92 Å². The third-order valence-electron chi connectivity index (χ3n) is 3.50. The number of hydrogen-bond acceptors (Lipinski definition) is 6. The van der Waals surface area contributed by atoms with E-state index in [0.717, 1.165) is 19.4 Å². The highest BCUT2D eigenvalue weighted by molar-refractivity contribution is 5.77. The van der Waals surface area contributed by atoms with E-state index in [-0.39, 0.29) is 11.3 Å². The Morgan fingerprint density at radius 3 is 3.10 bits per heavy atom. The number of rotatable bonds is 4. The second-order valence-corrected chi connectivity index (χ2v) is 5.18. The Labute approximate surface area is 115 Å². The van der Waals surface area contributed by atoms with Gasteiger partial charge in [-0.2, -0.15) is 4.98 Å². The van der Waals surface area contributed by atoms with Gasteiger partial charge in [0.1, 0.15) is 5.52 Å². The summed E-state index contributed by atoms with van der Waals surface area (Å²) >= 11 is 0. The minimum Gasteiger partial charge on any atom is -0.424 e. The van der Waals surface area contributed by atoms with Crippen LogP contribution in [0.2, 0.25) is 0 Å². The second-order valence-electron chi connectivity index (χ2n) is 5.18. The molecule has 7 nitrogen and oxygen atoms in total. The number of aromatic nitrogens is 1. The van der Waals surface area contributed by atoms with Crippen LogP contribution >= 0.6 is 0 Å². The molecule has 0 amide bonds. The molecule has 0 spiro atoms. The van der Waals surface area contributed by atoms with Crippen molar-refractivity contribution < 1.29 is 14.1 Å². The number of nitrogens with one attached hydrogen (secondary N) is 1. The van der Waals surface area contributed by atoms with Gasteiger partial charge in [-0.1, -0.05) is 0 Å². The highest BCUT2D eigenvalue weighted by atomic mass is 16.6. The van der Waals surface area contributed by atoms with Gasteiger partial charge in [0.15, 0.2) is 5.58 Å². The van der Waals surface area contributed by atoms with E-state index in [0.29, 0.717) is 23.7 Å². The van der Waals surface area contributed by atoms with Crippen LogP contribution in [0.3, 0.4) is 0 Å². The zero-order valence-corrected chi connectivity index (χ0v) is 11.1. The van der Waals surface area contributed by atoms with E-state index in [2.05, 4.69) is 10.3 Å². The van der Waals surface area contributed by atoms with Crippen LogP contribution in [0.4, 0.5) is 11.7 Å². The topological polar surface area (TPSA) is 90.4 Å². The predicted octanol–water partition coefficient (Wildman–Crippen LogP) is 2.72. The number of ether oxygens (including phenoxy) is 1. The second kappa shape index (κ2) is 4.75. The SMILES string of the molecule is CC1(CNc2nc3cc([N+](=O)[O-])ccc3o2)CCCO1. The molecule has 1 aromatic carbocycles. The van der Waals surface area contributed by atoms with Gasteiger partial charge < -0.3 is 14.5 Å². The van der Waals surface area contributed by atoms with Crippen molar-refractivity contribution in [2.45, 2.75) is 25.4 Å². The zero-order valence-electron chi connectivity index (χ0n) is 11.1. The normalized spacial score (nSPS) is 22.2.